The molecule has 1 fully saturated rings. The van der Waals surface area contributed by atoms with Gasteiger partial charge in [-0.15, -0.1) is 0 Å². The van der Waals surface area contributed by atoms with Crippen molar-refractivity contribution in [3.05, 3.63) is 0 Å². The van der Waals surface area contributed by atoms with Gasteiger partial charge in [0.15, 0.2) is 0 Å². The predicted octanol–water partition coefficient (Wildman–Crippen LogP) is 1.35. The van der Waals surface area contributed by atoms with Crippen LogP contribution in [-0.2, 0) is 4.74 Å². The maximum atomic E-state index is 5.70. The first kappa shape index (κ1) is 14.8. The zero-order valence-electron chi connectivity index (χ0n) is 12.5. The van der Waals surface area contributed by atoms with Crippen molar-refractivity contribution in [3.8, 4) is 0 Å². The van der Waals surface area contributed by atoms with E-state index in [0.29, 0.717) is 17.8 Å². The van der Waals surface area contributed by atoms with Gasteiger partial charge in [-0.05, 0) is 26.2 Å². The number of ether oxygens (including phenoxy) is 1. The zero-order chi connectivity index (χ0) is 14.4. The van der Waals surface area contributed by atoms with E-state index in [2.05, 4.69) is 25.6 Å². The van der Waals surface area contributed by atoms with E-state index in [9.17, 15) is 0 Å². The second-order valence-corrected chi connectivity index (χ2v) is 5.08. The van der Waals surface area contributed by atoms with E-state index in [4.69, 9.17) is 4.74 Å². The quantitative estimate of drug-likeness (QED) is 0.814. The van der Waals surface area contributed by atoms with Crippen molar-refractivity contribution in [1.82, 2.24) is 15.0 Å². The fourth-order valence-electron chi connectivity index (χ4n) is 2.05. The predicted molar refractivity (Wildman–Crippen MR) is 80.4 cm³/mol. The molecule has 0 amide bonds. The molecule has 0 saturated carbocycles. The monoisotopic (exact) mass is 280 g/mol. The fourth-order valence-corrected chi connectivity index (χ4v) is 2.05. The topological polar surface area (TPSA) is 75.2 Å². The Balaban J connectivity index is 2.01. The second-order valence-electron chi connectivity index (χ2n) is 5.08. The van der Waals surface area contributed by atoms with E-state index in [0.717, 1.165) is 32.5 Å². The first-order chi connectivity index (χ1) is 9.69. The van der Waals surface area contributed by atoms with Gasteiger partial charge >= 0.3 is 0 Å². The summed E-state index contributed by atoms with van der Waals surface area (Å²) < 4.78 is 5.70. The van der Waals surface area contributed by atoms with Gasteiger partial charge in [0.25, 0.3) is 0 Å². The highest BCUT2D eigenvalue weighted by atomic mass is 16.5. The molecule has 2 heterocycles. The third-order valence-electron chi connectivity index (χ3n) is 3.12. The van der Waals surface area contributed by atoms with Crippen LogP contribution in [0.25, 0.3) is 0 Å². The molecule has 2 N–H and O–H groups in total. The minimum atomic E-state index is 0.255. The molecule has 7 heteroatoms. The lowest BCUT2D eigenvalue weighted by Gasteiger charge is -2.23. The Labute approximate surface area is 120 Å². The van der Waals surface area contributed by atoms with Gasteiger partial charge in [-0.25, -0.2) is 0 Å². The number of nitrogens with one attached hydrogen (secondary N) is 2. The Bertz CT molecular complexity index is 419. The minimum Gasteiger partial charge on any atom is -0.376 e. The molecule has 112 valence electrons. The number of hydrogen-bond donors (Lipinski definition) is 2. The van der Waals surface area contributed by atoms with Gasteiger partial charge in [0.05, 0.1) is 6.10 Å². The maximum absolute atomic E-state index is 5.70. The molecule has 0 radical (unpaired) electrons. The molecule has 0 aliphatic carbocycles. The van der Waals surface area contributed by atoms with Crippen molar-refractivity contribution in [3.63, 3.8) is 0 Å². The third-order valence-corrected chi connectivity index (χ3v) is 3.12. The number of anilines is 3. The molecule has 1 unspecified atom stereocenters. The summed E-state index contributed by atoms with van der Waals surface area (Å²) in [6, 6.07) is 0. The van der Waals surface area contributed by atoms with Crippen molar-refractivity contribution in [2.45, 2.75) is 32.3 Å². The van der Waals surface area contributed by atoms with E-state index in [-0.39, 0.29) is 6.10 Å². The fraction of sp³-hybridized carbons (Fsp3) is 0.769. The van der Waals surface area contributed by atoms with Crippen molar-refractivity contribution >= 4 is 17.8 Å². The van der Waals surface area contributed by atoms with E-state index >= 15 is 0 Å². The highest BCUT2D eigenvalue weighted by Crippen LogP contribution is 2.15. The molecular weight excluding hydrogens is 256 g/mol. The number of hydrogen-bond acceptors (Lipinski definition) is 7. The molecule has 0 bridgehead atoms. The first-order valence-corrected chi connectivity index (χ1v) is 7.21. The highest BCUT2D eigenvalue weighted by molar-refractivity contribution is 5.42. The summed E-state index contributed by atoms with van der Waals surface area (Å²) in [6.07, 6.45) is 3.75. The summed E-state index contributed by atoms with van der Waals surface area (Å²) in [7, 11) is 3.83. The van der Waals surface area contributed by atoms with Gasteiger partial charge in [-0.1, -0.05) is 0 Å². The summed E-state index contributed by atoms with van der Waals surface area (Å²) in [4.78, 5) is 15.0. The molecule has 2 rings (SSSR count). The molecule has 1 saturated heterocycles. The number of rotatable bonds is 6. The van der Waals surface area contributed by atoms with Gasteiger partial charge in [0.1, 0.15) is 0 Å². The van der Waals surface area contributed by atoms with Crippen LogP contribution in [0.5, 0.6) is 0 Å². The van der Waals surface area contributed by atoms with Crippen molar-refractivity contribution in [2.75, 3.05) is 49.3 Å². The van der Waals surface area contributed by atoms with Crippen LogP contribution in [0.1, 0.15) is 26.2 Å². The van der Waals surface area contributed by atoms with Crippen molar-refractivity contribution < 1.29 is 4.74 Å². The van der Waals surface area contributed by atoms with Crippen LogP contribution in [0.3, 0.4) is 0 Å². The Morgan fingerprint density at radius 3 is 2.50 bits per heavy atom. The van der Waals surface area contributed by atoms with Crippen LogP contribution in [0.4, 0.5) is 17.8 Å². The lowest BCUT2D eigenvalue weighted by Crippen LogP contribution is -2.28. The van der Waals surface area contributed by atoms with E-state index in [1.54, 1.807) is 0 Å². The molecular formula is C13H24N6O. The first-order valence-electron chi connectivity index (χ1n) is 7.21. The Kier molecular flexibility index (Phi) is 5.34. The standard InChI is InChI=1S/C13H24N6O/c1-4-14-11-16-12(18-13(17-11)19(2)3)15-9-10-7-5-6-8-20-10/h10H,4-9H2,1-3H3,(H2,14,15,16,17,18). The van der Waals surface area contributed by atoms with Crippen LogP contribution < -0.4 is 15.5 Å². The largest absolute Gasteiger partial charge is 0.376 e. The lowest BCUT2D eigenvalue weighted by atomic mass is 10.1. The molecule has 0 aromatic carbocycles. The summed E-state index contributed by atoms with van der Waals surface area (Å²) in [5.41, 5.74) is 0. The van der Waals surface area contributed by atoms with Crippen molar-refractivity contribution in [2.24, 2.45) is 0 Å². The van der Waals surface area contributed by atoms with Crippen LogP contribution in [-0.4, -0.2) is 54.8 Å². The Morgan fingerprint density at radius 2 is 1.90 bits per heavy atom. The average Bonchev–Trinajstić information content (AvgIpc) is 2.46. The summed E-state index contributed by atoms with van der Waals surface area (Å²) in [5.74, 6) is 1.83. The SMILES string of the molecule is CCNc1nc(NCC2CCCCO2)nc(N(C)C)n1. The molecule has 1 aromatic rings. The summed E-state index contributed by atoms with van der Waals surface area (Å²) >= 11 is 0. The summed E-state index contributed by atoms with van der Waals surface area (Å²) in [5, 5.41) is 6.38. The molecule has 1 aliphatic heterocycles. The van der Waals surface area contributed by atoms with E-state index in [1.807, 2.05) is 25.9 Å². The molecule has 1 aromatic heterocycles. The smallest absolute Gasteiger partial charge is 0.231 e. The van der Waals surface area contributed by atoms with E-state index < -0.39 is 0 Å². The van der Waals surface area contributed by atoms with E-state index in [1.165, 1.54) is 6.42 Å². The van der Waals surface area contributed by atoms with Crippen LogP contribution in [0.15, 0.2) is 0 Å². The Hall–Kier alpha value is -1.63. The molecule has 1 aliphatic rings. The van der Waals surface area contributed by atoms with Gasteiger partial charge in [-0.2, -0.15) is 15.0 Å². The zero-order valence-corrected chi connectivity index (χ0v) is 12.5. The maximum Gasteiger partial charge on any atom is 0.231 e. The van der Waals surface area contributed by atoms with Crippen LogP contribution in [0, 0.1) is 0 Å². The van der Waals surface area contributed by atoms with Crippen LogP contribution >= 0.6 is 0 Å². The molecule has 1 atom stereocenters. The molecule has 7 nitrogen and oxygen atoms in total. The lowest BCUT2D eigenvalue weighted by molar-refractivity contribution is 0.0246. The van der Waals surface area contributed by atoms with Gasteiger partial charge in [0, 0.05) is 33.8 Å². The molecule has 20 heavy (non-hydrogen) atoms. The highest BCUT2D eigenvalue weighted by Gasteiger charge is 2.14. The second kappa shape index (κ2) is 7.23. The van der Waals surface area contributed by atoms with Crippen LogP contribution in [0.2, 0.25) is 0 Å². The average molecular weight is 280 g/mol. The normalized spacial score (nSPS) is 18.6. The minimum absolute atomic E-state index is 0.255. The summed E-state index contributed by atoms with van der Waals surface area (Å²) in [6.45, 7) is 4.39. The van der Waals surface area contributed by atoms with Gasteiger partial charge in [-0.3, -0.25) is 0 Å². The van der Waals surface area contributed by atoms with Crippen molar-refractivity contribution in [1.29, 1.82) is 0 Å². The third kappa shape index (κ3) is 4.19. The van der Waals surface area contributed by atoms with Gasteiger partial charge < -0.3 is 20.3 Å². The number of nitrogens with zero attached hydrogens (tertiary/aromatic N) is 4. The molecule has 0 spiro atoms. The van der Waals surface area contributed by atoms with Gasteiger partial charge in [0.2, 0.25) is 17.8 Å². The number of aromatic nitrogens is 3. The Morgan fingerprint density at radius 1 is 1.15 bits per heavy atom.